The maximum absolute atomic E-state index is 13.0. The lowest BCUT2D eigenvalue weighted by Crippen LogP contribution is -2.30. The number of sulfonamides is 1. The molecule has 39 heavy (non-hydrogen) atoms. The molecule has 0 aliphatic rings. The van der Waals surface area contributed by atoms with Crippen LogP contribution in [-0.2, 0) is 17.1 Å². The molecule has 0 bridgehead atoms. The van der Waals surface area contributed by atoms with E-state index in [1.54, 1.807) is 32.5 Å². The molecule has 11 nitrogen and oxygen atoms in total. The van der Waals surface area contributed by atoms with Gasteiger partial charge in [0, 0.05) is 20.1 Å². The number of benzene rings is 2. The first-order valence-electron chi connectivity index (χ1n) is 11.9. The van der Waals surface area contributed by atoms with E-state index in [9.17, 15) is 18.0 Å². The van der Waals surface area contributed by atoms with Crippen molar-refractivity contribution >= 4 is 54.7 Å². The Morgan fingerprint density at radius 1 is 1.13 bits per heavy atom. The molecule has 0 aliphatic carbocycles. The number of azo groups is 1. The highest BCUT2D eigenvalue weighted by atomic mass is 35.5. The number of rotatable bonds is 9. The summed E-state index contributed by atoms with van der Waals surface area (Å²) in [4.78, 5) is 30.1. The number of carbonyl (C=O) groups excluding carboxylic acids is 1. The number of halogens is 1. The predicted octanol–water partition coefficient (Wildman–Crippen LogP) is 5.29. The number of nitrogens with zero attached hydrogens (tertiary/aromatic N) is 6. The molecule has 0 aliphatic heterocycles. The standard InChI is InChI=1S/C25H26ClN7O4S2/c1-5-32(6-2)39(36,37)18-12-13-20(26)19(14-18)23(34)28-25-27-15-21(38-25)29-30-22-16(3)31(4)33(24(22)35)17-10-8-7-9-11-17/h7-15H,5-6H2,1-4H3,(H,27,28,34). The summed E-state index contributed by atoms with van der Waals surface area (Å²) in [6, 6.07) is 13.2. The second-order valence-electron chi connectivity index (χ2n) is 8.30. The van der Waals surface area contributed by atoms with Crippen LogP contribution in [0.4, 0.5) is 15.8 Å². The van der Waals surface area contributed by atoms with Crippen molar-refractivity contribution in [2.75, 3.05) is 18.4 Å². The molecule has 0 spiro atoms. The molecular weight excluding hydrogens is 562 g/mol. The van der Waals surface area contributed by atoms with Gasteiger partial charge in [0.25, 0.3) is 11.5 Å². The van der Waals surface area contributed by atoms with Crippen LogP contribution in [-0.4, -0.2) is 46.1 Å². The second kappa shape index (κ2) is 11.6. The molecule has 0 radical (unpaired) electrons. The van der Waals surface area contributed by atoms with Crippen molar-refractivity contribution in [3.05, 3.63) is 81.4 Å². The zero-order chi connectivity index (χ0) is 28.3. The molecule has 1 amide bonds. The van der Waals surface area contributed by atoms with Crippen molar-refractivity contribution in [1.82, 2.24) is 18.7 Å². The van der Waals surface area contributed by atoms with E-state index in [2.05, 4.69) is 20.5 Å². The lowest BCUT2D eigenvalue weighted by atomic mass is 10.2. The topological polar surface area (TPSA) is 131 Å². The van der Waals surface area contributed by atoms with Gasteiger partial charge in [-0.05, 0) is 37.3 Å². The van der Waals surface area contributed by atoms with Gasteiger partial charge in [-0.1, -0.05) is 55.0 Å². The van der Waals surface area contributed by atoms with E-state index in [-0.39, 0.29) is 31.9 Å². The molecule has 4 rings (SSSR count). The van der Waals surface area contributed by atoms with Gasteiger partial charge in [-0.2, -0.15) is 4.31 Å². The van der Waals surface area contributed by atoms with Crippen LogP contribution in [0.15, 0.2) is 74.6 Å². The van der Waals surface area contributed by atoms with E-state index in [0.717, 1.165) is 11.3 Å². The van der Waals surface area contributed by atoms with E-state index < -0.39 is 15.9 Å². The van der Waals surface area contributed by atoms with Crippen LogP contribution in [0.5, 0.6) is 0 Å². The summed E-state index contributed by atoms with van der Waals surface area (Å²) in [6.07, 6.45) is 1.40. The van der Waals surface area contributed by atoms with E-state index in [0.29, 0.717) is 29.5 Å². The largest absolute Gasteiger partial charge is 0.299 e. The summed E-state index contributed by atoms with van der Waals surface area (Å²) in [5, 5.41) is 11.6. The first kappa shape index (κ1) is 28.4. The third kappa shape index (κ3) is 5.71. The van der Waals surface area contributed by atoms with Gasteiger partial charge in [0.1, 0.15) is 0 Å². The van der Waals surface area contributed by atoms with E-state index in [4.69, 9.17) is 11.6 Å². The van der Waals surface area contributed by atoms with E-state index >= 15 is 0 Å². The second-order valence-corrected chi connectivity index (χ2v) is 11.7. The Kier molecular flexibility index (Phi) is 8.45. The van der Waals surface area contributed by atoms with Crippen molar-refractivity contribution in [3.8, 4) is 5.69 Å². The molecule has 0 atom stereocenters. The van der Waals surface area contributed by atoms with Crippen LogP contribution in [0.1, 0.15) is 29.9 Å². The Morgan fingerprint density at radius 3 is 2.49 bits per heavy atom. The highest BCUT2D eigenvalue weighted by Crippen LogP contribution is 2.30. The van der Waals surface area contributed by atoms with Crippen molar-refractivity contribution in [2.45, 2.75) is 25.7 Å². The van der Waals surface area contributed by atoms with Crippen molar-refractivity contribution in [1.29, 1.82) is 0 Å². The van der Waals surface area contributed by atoms with Gasteiger partial charge in [0.05, 0.1) is 33.1 Å². The molecule has 0 unspecified atom stereocenters. The Balaban J connectivity index is 1.55. The van der Waals surface area contributed by atoms with Crippen LogP contribution in [0.3, 0.4) is 0 Å². The molecule has 0 fully saturated rings. The molecule has 0 saturated carbocycles. The predicted molar refractivity (Wildman–Crippen MR) is 152 cm³/mol. The van der Waals surface area contributed by atoms with Gasteiger partial charge in [0.2, 0.25) is 10.0 Å². The number of hydrogen-bond acceptors (Lipinski definition) is 8. The number of nitrogens with one attached hydrogen (secondary N) is 1. The quantitative estimate of drug-likeness (QED) is 0.266. The van der Waals surface area contributed by atoms with Crippen molar-refractivity contribution < 1.29 is 13.2 Å². The van der Waals surface area contributed by atoms with Gasteiger partial charge in [-0.3, -0.25) is 19.6 Å². The van der Waals surface area contributed by atoms with Gasteiger partial charge in [-0.25, -0.2) is 18.1 Å². The maximum Gasteiger partial charge on any atom is 0.299 e. The first-order valence-corrected chi connectivity index (χ1v) is 14.5. The van der Waals surface area contributed by atoms with Crippen LogP contribution < -0.4 is 10.9 Å². The van der Waals surface area contributed by atoms with Gasteiger partial charge >= 0.3 is 0 Å². The summed E-state index contributed by atoms with van der Waals surface area (Å²) in [5.74, 6) is -0.626. The number of hydrogen-bond donors (Lipinski definition) is 1. The van der Waals surface area contributed by atoms with Crippen LogP contribution in [0.25, 0.3) is 5.69 Å². The number of aromatic nitrogens is 3. The van der Waals surface area contributed by atoms with Crippen molar-refractivity contribution in [3.63, 3.8) is 0 Å². The lowest BCUT2D eigenvalue weighted by Gasteiger charge is -2.19. The Labute approximate surface area is 234 Å². The number of amides is 1. The molecule has 1 N–H and O–H groups in total. The molecule has 2 aromatic heterocycles. The average Bonchev–Trinajstić information content (AvgIpc) is 3.44. The summed E-state index contributed by atoms with van der Waals surface area (Å²) < 4.78 is 30.2. The normalized spacial score (nSPS) is 11.9. The molecule has 4 aromatic rings. The van der Waals surface area contributed by atoms with Crippen molar-refractivity contribution in [2.24, 2.45) is 17.3 Å². The fourth-order valence-electron chi connectivity index (χ4n) is 3.85. The monoisotopic (exact) mass is 587 g/mol. The summed E-state index contributed by atoms with van der Waals surface area (Å²) in [5.41, 5.74) is 1.17. The third-order valence-corrected chi connectivity index (χ3v) is 9.18. The number of para-hydroxylation sites is 1. The van der Waals surface area contributed by atoms with Gasteiger partial charge in [-0.15, -0.1) is 10.2 Å². The Bertz CT molecular complexity index is 1710. The minimum atomic E-state index is -3.78. The fourth-order valence-corrected chi connectivity index (χ4v) is 6.18. The minimum absolute atomic E-state index is 0.00959. The third-order valence-electron chi connectivity index (χ3n) is 6.01. The van der Waals surface area contributed by atoms with E-state index in [1.165, 1.54) is 33.4 Å². The number of carbonyl (C=O) groups is 1. The summed E-state index contributed by atoms with van der Waals surface area (Å²) in [7, 11) is -2.02. The van der Waals surface area contributed by atoms with Gasteiger partial charge < -0.3 is 0 Å². The molecule has 0 saturated heterocycles. The van der Waals surface area contributed by atoms with Crippen LogP contribution in [0, 0.1) is 6.92 Å². The highest BCUT2D eigenvalue weighted by molar-refractivity contribution is 7.89. The summed E-state index contributed by atoms with van der Waals surface area (Å²) >= 11 is 7.25. The molecule has 14 heteroatoms. The Morgan fingerprint density at radius 2 is 1.82 bits per heavy atom. The molecule has 2 aromatic carbocycles. The Hall–Kier alpha value is -3.65. The maximum atomic E-state index is 13.0. The number of anilines is 1. The average molecular weight is 588 g/mol. The van der Waals surface area contributed by atoms with E-state index in [1.807, 2.05) is 30.3 Å². The minimum Gasteiger partial charge on any atom is -0.298 e. The number of thiazole rings is 1. The van der Waals surface area contributed by atoms with Crippen LogP contribution in [0.2, 0.25) is 5.02 Å². The summed E-state index contributed by atoms with van der Waals surface area (Å²) in [6.45, 7) is 5.83. The zero-order valence-electron chi connectivity index (χ0n) is 21.6. The zero-order valence-corrected chi connectivity index (χ0v) is 24.0. The fraction of sp³-hybridized carbons (Fsp3) is 0.240. The molecule has 2 heterocycles. The molecule has 204 valence electrons. The molecular formula is C25H26ClN7O4S2. The van der Waals surface area contributed by atoms with Crippen LogP contribution >= 0.6 is 22.9 Å². The smallest absolute Gasteiger partial charge is 0.298 e. The lowest BCUT2D eigenvalue weighted by molar-refractivity contribution is 0.102. The highest BCUT2D eigenvalue weighted by Gasteiger charge is 2.24. The first-order chi connectivity index (χ1) is 18.6. The SMILES string of the molecule is CCN(CC)S(=O)(=O)c1ccc(Cl)c(C(=O)Nc2ncc(N=Nc3c(C)n(C)n(-c4ccccc4)c3=O)s2)c1. The van der Waals surface area contributed by atoms with Gasteiger partial charge in [0.15, 0.2) is 15.8 Å².